The van der Waals surface area contributed by atoms with Crippen LogP contribution in [0.2, 0.25) is 0 Å². The molecule has 2 aromatic heterocycles. The van der Waals surface area contributed by atoms with Crippen LogP contribution >= 0.6 is 0 Å². The van der Waals surface area contributed by atoms with Crippen molar-refractivity contribution in [2.24, 2.45) is 7.05 Å². The molecule has 1 unspecified atom stereocenters. The SMILES string of the molecule is CC1CCCCN1c1nc2ccccc2nc1NS(=O)(=O)c1cnn(C)c1. The molecule has 0 bridgehead atoms. The number of nitrogens with zero attached hydrogens (tertiary/aromatic N) is 5. The minimum Gasteiger partial charge on any atom is -0.351 e. The molecule has 1 aliphatic heterocycles. The summed E-state index contributed by atoms with van der Waals surface area (Å²) in [5.74, 6) is 0.833. The highest BCUT2D eigenvalue weighted by atomic mass is 32.2. The van der Waals surface area contributed by atoms with Crippen LogP contribution in [0.1, 0.15) is 26.2 Å². The van der Waals surface area contributed by atoms with Gasteiger partial charge in [0.25, 0.3) is 10.0 Å². The Hall–Kier alpha value is -2.68. The third kappa shape index (κ3) is 3.46. The van der Waals surface area contributed by atoms with Crippen LogP contribution in [-0.4, -0.2) is 40.8 Å². The van der Waals surface area contributed by atoms with Gasteiger partial charge in [0.1, 0.15) is 4.90 Å². The summed E-state index contributed by atoms with van der Waals surface area (Å²) >= 11 is 0. The van der Waals surface area contributed by atoms with Crippen LogP contribution in [-0.2, 0) is 17.1 Å². The van der Waals surface area contributed by atoms with E-state index in [1.165, 1.54) is 17.1 Å². The van der Waals surface area contributed by atoms with E-state index in [0.29, 0.717) is 11.3 Å². The summed E-state index contributed by atoms with van der Waals surface area (Å²) in [6.07, 6.45) is 6.03. The molecular weight excluding hydrogens is 364 g/mol. The van der Waals surface area contributed by atoms with Crippen LogP contribution in [0.4, 0.5) is 11.6 Å². The smallest absolute Gasteiger partial charge is 0.266 e. The number of nitrogens with one attached hydrogen (secondary N) is 1. The van der Waals surface area contributed by atoms with Crippen molar-refractivity contribution in [3.05, 3.63) is 36.7 Å². The first-order valence-electron chi connectivity index (χ1n) is 8.99. The molecule has 1 saturated heterocycles. The average Bonchev–Trinajstić information content (AvgIpc) is 3.09. The first-order chi connectivity index (χ1) is 12.9. The van der Waals surface area contributed by atoms with Crippen molar-refractivity contribution >= 4 is 32.7 Å². The molecule has 3 aromatic rings. The molecule has 1 atom stereocenters. The van der Waals surface area contributed by atoms with Crippen LogP contribution in [0, 0.1) is 0 Å². The Labute approximate surface area is 158 Å². The molecule has 1 aliphatic rings. The van der Waals surface area contributed by atoms with E-state index in [1.54, 1.807) is 7.05 Å². The summed E-state index contributed by atoms with van der Waals surface area (Å²) in [4.78, 5) is 11.6. The van der Waals surface area contributed by atoms with Gasteiger partial charge in [-0.25, -0.2) is 18.4 Å². The van der Waals surface area contributed by atoms with Gasteiger partial charge in [-0.1, -0.05) is 12.1 Å². The molecule has 142 valence electrons. The number of sulfonamides is 1. The molecule has 1 aromatic carbocycles. The lowest BCUT2D eigenvalue weighted by molar-refractivity contribution is 0.482. The van der Waals surface area contributed by atoms with E-state index in [2.05, 4.69) is 26.6 Å². The summed E-state index contributed by atoms with van der Waals surface area (Å²) in [5, 5.41) is 3.95. The van der Waals surface area contributed by atoms with Gasteiger partial charge in [-0.05, 0) is 38.3 Å². The lowest BCUT2D eigenvalue weighted by atomic mass is 10.0. The van der Waals surface area contributed by atoms with Gasteiger partial charge in [0.15, 0.2) is 11.6 Å². The Morgan fingerprint density at radius 3 is 2.56 bits per heavy atom. The van der Waals surface area contributed by atoms with Crippen molar-refractivity contribution in [2.75, 3.05) is 16.2 Å². The maximum Gasteiger partial charge on any atom is 0.266 e. The second-order valence-corrected chi connectivity index (χ2v) is 8.56. The Balaban J connectivity index is 1.81. The van der Waals surface area contributed by atoms with E-state index in [9.17, 15) is 8.42 Å². The maximum absolute atomic E-state index is 12.8. The van der Waals surface area contributed by atoms with Crippen molar-refractivity contribution in [3.8, 4) is 0 Å². The molecule has 1 fully saturated rings. The second kappa shape index (κ2) is 6.80. The van der Waals surface area contributed by atoms with Gasteiger partial charge in [0.2, 0.25) is 0 Å². The number of anilines is 2. The zero-order valence-electron chi connectivity index (χ0n) is 15.3. The molecule has 0 saturated carbocycles. The second-order valence-electron chi connectivity index (χ2n) is 6.88. The van der Waals surface area contributed by atoms with Crippen molar-refractivity contribution < 1.29 is 8.42 Å². The lowest BCUT2D eigenvalue weighted by Gasteiger charge is -2.35. The molecular formula is C18H22N6O2S. The Kier molecular flexibility index (Phi) is 4.47. The van der Waals surface area contributed by atoms with Crippen molar-refractivity contribution in [1.82, 2.24) is 19.7 Å². The maximum atomic E-state index is 12.8. The first-order valence-corrected chi connectivity index (χ1v) is 10.5. The summed E-state index contributed by atoms with van der Waals surface area (Å²) in [7, 11) is -2.13. The number of aromatic nitrogens is 4. The molecule has 4 rings (SSSR count). The fraction of sp³-hybridized carbons (Fsp3) is 0.389. The van der Waals surface area contributed by atoms with Crippen LogP contribution in [0.3, 0.4) is 0 Å². The van der Waals surface area contributed by atoms with Crippen LogP contribution in [0.25, 0.3) is 11.0 Å². The summed E-state index contributed by atoms with van der Waals surface area (Å²) in [5.41, 5.74) is 1.39. The molecule has 3 heterocycles. The van der Waals surface area contributed by atoms with Crippen LogP contribution in [0.5, 0.6) is 0 Å². The minimum atomic E-state index is -3.80. The molecule has 0 amide bonds. The predicted molar refractivity (Wildman–Crippen MR) is 104 cm³/mol. The topological polar surface area (TPSA) is 93.0 Å². The van der Waals surface area contributed by atoms with E-state index in [4.69, 9.17) is 4.98 Å². The molecule has 27 heavy (non-hydrogen) atoms. The summed E-state index contributed by atoms with van der Waals surface area (Å²) in [6.45, 7) is 2.96. The molecule has 0 spiro atoms. The molecule has 9 heteroatoms. The van der Waals surface area contributed by atoms with Gasteiger partial charge < -0.3 is 4.90 Å². The highest BCUT2D eigenvalue weighted by Gasteiger charge is 2.26. The third-order valence-electron chi connectivity index (χ3n) is 4.85. The zero-order valence-corrected chi connectivity index (χ0v) is 16.1. The lowest BCUT2D eigenvalue weighted by Crippen LogP contribution is -2.38. The van der Waals surface area contributed by atoms with Crippen molar-refractivity contribution in [2.45, 2.75) is 37.1 Å². The number of rotatable bonds is 4. The van der Waals surface area contributed by atoms with Crippen molar-refractivity contribution in [3.63, 3.8) is 0 Å². The standard InChI is InChI=1S/C18H22N6O2S/c1-13-7-5-6-10-24(13)18-17(20-15-8-3-4-9-16(15)21-18)22-27(25,26)14-11-19-23(2)12-14/h3-4,8-9,11-13H,5-7,10H2,1-2H3,(H,20,22). The van der Waals surface area contributed by atoms with E-state index in [-0.39, 0.29) is 16.8 Å². The summed E-state index contributed by atoms with van der Waals surface area (Å²) in [6, 6.07) is 7.75. The van der Waals surface area contributed by atoms with Crippen molar-refractivity contribution in [1.29, 1.82) is 0 Å². The normalized spacial score (nSPS) is 18.0. The number of para-hydroxylation sites is 2. The Morgan fingerprint density at radius 1 is 1.15 bits per heavy atom. The van der Waals surface area contributed by atoms with Gasteiger partial charge in [0, 0.05) is 25.8 Å². The van der Waals surface area contributed by atoms with E-state index >= 15 is 0 Å². The zero-order chi connectivity index (χ0) is 19.0. The molecule has 0 radical (unpaired) electrons. The van der Waals surface area contributed by atoms with Gasteiger partial charge in [-0.3, -0.25) is 9.40 Å². The van der Waals surface area contributed by atoms with Gasteiger partial charge in [-0.15, -0.1) is 0 Å². The monoisotopic (exact) mass is 386 g/mol. The fourth-order valence-corrected chi connectivity index (χ4v) is 4.38. The first kappa shape index (κ1) is 17.7. The van der Waals surface area contributed by atoms with E-state index < -0.39 is 10.0 Å². The Morgan fingerprint density at radius 2 is 1.89 bits per heavy atom. The number of piperidine rings is 1. The van der Waals surface area contributed by atoms with Gasteiger partial charge in [-0.2, -0.15) is 5.10 Å². The number of fused-ring (bicyclic) bond motifs is 1. The van der Waals surface area contributed by atoms with Gasteiger partial charge >= 0.3 is 0 Å². The number of hydrogen-bond donors (Lipinski definition) is 1. The fourth-order valence-electron chi connectivity index (χ4n) is 3.40. The number of hydrogen-bond acceptors (Lipinski definition) is 6. The van der Waals surface area contributed by atoms with E-state index in [0.717, 1.165) is 31.3 Å². The minimum absolute atomic E-state index is 0.0950. The molecule has 8 nitrogen and oxygen atoms in total. The van der Waals surface area contributed by atoms with E-state index in [1.807, 2.05) is 24.3 Å². The Bertz CT molecular complexity index is 1080. The third-order valence-corrected chi connectivity index (χ3v) is 6.14. The van der Waals surface area contributed by atoms with Crippen LogP contribution < -0.4 is 9.62 Å². The number of benzene rings is 1. The highest BCUT2D eigenvalue weighted by Crippen LogP contribution is 2.31. The average molecular weight is 386 g/mol. The predicted octanol–water partition coefficient (Wildman–Crippen LogP) is 2.54. The molecule has 0 aliphatic carbocycles. The largest absolute Gasteiger partial charge is 0.351 e. The molecule has 1 N–H and O–H groups in total. The number of aryl methyl sites for hydroxylation is 1. The quantitative estimate of drug-likeness (QED) is 0.741. The summed E-state index contributed by atoms with van der Waals surface area (Å²) < 4.78 is 29.7. The van der Waals surface area contributed by atoms with Gasteiger partial charge in [0.05, 0.1) is 17.2 Å². The highest BCUT2D eigenvalue weighted by molar-refractivity contribution is 7.92. The van der Waals surface area contributed by atoms with Crippen LogP contribution in [0.15, 0.2) is 41.6 Å².